The Morgan fingerprint density at radius 2 is 1.86 bits per heavy atom. The molecule has 1 N–H and O–H groups in total. The van der Waals surface area contributed by atoms with Crippen molar-refractivity contribution in [3.63, 3.8) is 0 Å². The zero-order chi connectivity index (χ0) is 18.5. The second kappa shape index (κ2) is 10.3. The van der Waals surface area contributed by atoms with E-state index >= 15 is 0 Å². The molecule has 2 aliphatic heterocycles. The van der Waals surface area contributed by atoms with E-state index in [9.17, 15) is 4.79 Å². The fourth-order valence-electron chi connectivity index (χ4n) is 4.42. The number of carbonyl (C=O) groups is 1. The van der Waals surface area contributed by atoms with E-state index in [-0.39, 0.29) is 12.4 Å². The van der Waals surface area contributed by atoms with Gasteiger partial charge < -0.3 is 19.7 Å². The summed E-state index contributed by atoms with van der Waals surface area (Å²) in [6, 6.07) is 6.81. The Kier molecular flexibility index (Phi) is 7.82. The zero-order valence-corrected chi connectivity index (χ0v) is 17.3. The summed E-state index contributed by atoms with van der Waals surface area (Å²) < 4.78 is 11.0. The summed E-state index contributed by atoms with van der Waals surface area (Å²) in [7, 11) is 0. The molecule has 1 aliphatic carbocycles. The number of hydrogen-bond donors (Lipinski definition) is 1. The quantitative estimate of drug-likeness (QED) is 0.783. The molecule has 7 heteroatoms. The molecule has 2 heterocycles. The molecule has 0 aromatic heterocycles. The van der Waals surface area contributed by atoms with Gasteiger partial charge in [-0.05, 0) is 30.5 Å². The molecule has 3 aliphatic rings. The predicted molar refractivity (Wildman–Crippen MR) is 111 cm³/mol. The maximum Gasteiger partial charge on any atom is 0.231 e. The van der Waals surface area contributed by atoms with Crippen LogP contribution in [0.1, 0.15) is 44.1 Å². The Morgan fingerprint density at radius 3 is 2.64 bits per heavy atom. The Bertz CT molecular complexity index is 646. The summed E-state index contributed by atoms with van der Waals surface area (Å²) in [5, 5.41) is 3.31. The number of carbonyl (C=O) groups excluding carboxylic acids is 1. The van der Waals surface area contributed by atoms with Gasteiger partial charge in [-0.15, -0.1) is 12.4 Å². The van der Waals surface area contributed by atoms with Crippen molar-refractivity contribution in [1.82, 2.24) is 15.1 Å². The van der Waals surface area contributed by atoms with Crippen molar-refractivity contribution in [3.8, 4) is 11.5 Å². The third-order valence-electron chi connectivity index (χ3n) is 6.00. The zero-order valence-electron chi connectivity index (χ0n) is 16.5. The van der Waals surface area contributed by atoms with Crippen LogP contribution in [0.15, 0.2) is 18.2 Å². The van der Waals surface area contributed by atoms with Gasteiger partial charge in [-0.2, -0.15) is 0 Å². The average Bonchev–Trinajstić information content (AvgIpc) is 3.20. The highest BCUT2D eigenvalue weighted by atomic mass is 35.5. The Labute approximate surface area is 173 Å². The maximum atomic E-state index is 12.6. The van der Waals surface area contributed by atoms with E-state index in [1.807, 2.05) is 11.0 Å². The molecule has 156 valence electrons. The Morgan fingerprint density at radius 1 is 1.11 bits per heavy atom. The predicted octanol–water partition coefficient (Wildman–Crippen LogP) is 2.79. The van der Waals surface area contributed by atoms with Crippen LogP contribution < -0.4 is 14.8 Å². The highest BCUT2D eigenvalue weighted by Crippen LogP contribution is 2.33. The van der Waals surface area contributed by atoms with Crippen molar-refractivity contribution < 1.29 is 14.3 Å². The average molecular weight is 410 g/mol. The molecule has 1 saturated carbocycles. The van der Waals surface area contributed by atoms with Gasteiger partial charge in [0.15, 0.2) is 11.5 Å². The molecule has 1 amide bonds. The summed E-state index contributed by atoms with van der Waals surface area (Å²) in [4.78, 5) is 17.2. The number of hydrogen-bond acceptors (Lipinski definition) is 5. The number of piperazine rings is 1. The van der Waals surface area contributed by atoms with E-state index < -0.39 is 0 Å². The van der Waals surface area contributed by atoms with Gasteiger partial charge in [-0.1, -0.05) is 25.3 Å². The fourth-order valence-corrected chi connectivity index (χ4v) is 4.42. The van der Waals surface area contributed by atoms with E-state index in [1.54, 1.807) is 0 Å². The first-order valence-corrected chi connectivity index (χ1v) is 10.4. The number of nitrogens with zero attached hydrogens (tertiary/aromatic N) is 2. The minimum absolute atomic E-state index is 0. The monoisotopic (exact) mass is 409 g/mol. The molecule has 0 atom stereocenters. The van der Waals surface area contributed by atoms with Crippen LogP contribution in [0.5, 0.6) is 11.5 Å². The molecular formula is C21H32ClN3O3. The molecule has 1 aromatic carbocycles. The molecule has 1 aromatic rings. The molecule has 6 nitrogen and oxygen atoms in total. The first kappa shape index (κ1) is 21.2. The van der Waals surface area contributed by atoms with Crippen molar-refractivity contribution in [2.45, 2.75) is 51.1 Å². The highest BCUT2D eigenvalue weighted by molar-refractivity contribution is 5.85. The van der Waals surface area contributed by atoms with Crippen LogP contribution in [0.25, 0.3) is 0 Å². The summed E-state index contributed by atoms with van der Waals surface area (Å²) in [5.74, 6) is 1.97. The molecule has 0 spiro atoms. The van der Waals surface area contributed by atoms with Gasteiger partial charge in [-0.3, -0.25) is 9.69 Å². The van der Waals surface area contributed by atoms with Gasteiger partial charge in [0, 0.05) is 51.7 Å². The molecule has 28 heavy (non-hydrogen) atoms. The Balaban J connectivity index is 0.00000225. The van der Waals surface area contributed by atoms with Crippen LogP contribution in [0.2, 0.25) is 0 Å². The lowest BCUT2D eigenvalue weighted by Crippen LogP contribution is -2.47. The fraction of sp³-hybridized carbons (Fsp3) is 0.667. The number of amides is 1. The topological polar surface area (TPSA) is 54.0 Å². The van der Waals surface area contributed by atoms with Gasteiger partial charge in [0.25, 0.3) is 0 Å². The van der Waals surface area contributed by atoms with Crippen LogP contribution >= 0.6 is 12.4 Å². The van der Waals surface area contributed by atoms with Crippen LogP contribution in [0, 0.1) is 0 Å². The standard InChI is InChI=1S/C21H31N3O3.ClH/c25-21(23-12-9-22-10-13-23)8-11-24(18-4-2-1-3-5-18)15-17-6-7-19-20(14-17)27-16-26-19;/h6-7,14,18,22H,1-5,8-13,15-16H2;1H. The van der Waals surface area contributed by atoms with Crippen LogP contribution in [-0.4, -0.2) is 61.3 Å². The minimum Gasteiger partial charge on any atom is -0.454 e. The molecule has 0 bridgehead atoms. The van der Waals surface area contributed by atoms with Crippen molar-refractivity contribution >= 4 is 18.3 Å². The SMILES string of the molecule is Cl.O=C(CCN(Cc1ccc2c(c1)OCO2)C1CCCCC1)N1CCNCC1. The smallest absolute Gasteiger partial charge is 0.231 e. The molecular weight excluding hydrogens is 378 g/mol. The normalized spacial score (nSPS) is 19.5. The first-order chi connectivity index (χ1) is 13.3. The highest BCUT2D eigenvalue weighted by Gasteiger charge is 2.24. The summed E-state index contributed by atoms with van der Waals surface area (Å²) in [6.45, 7) is 5.52. The van der Waals surface area contributed by atoms with Crippen LogP contribution in [0.3, 0.4) is 0 Å². The van der Waals surface area contributed by atoms with Crippen molar-refractivity contribution in [2.24, 2.45) is 0 Å². The number of halogens is 1. The van der Waals surface area contributed by atoms with Gasteiger partial charge >= 0.3 is 0 Å². The van der Waals surface area contributed by atoms with Gasteiger partial charge in [0.2, 0.25) is 12.7 Å². The van der Waals surface area contributed by atoms with Gasteiger partial charge in [0.1, 0.15) is 0 Å². The largest absolute Gasteiger partial charge is 0.454 e. The number of fused-ring (bicyclic) bond motifs is 1. The lowest BCUT2D eigenvalue weighted by molar-refractivity contribution is -0.132. The second-order valence-electron chi connectivity index (χ2n) is 7.83. The first-order valence-electron chi connectivity index (χ1n) is 10.4. The summed E-state index contributed by atoms with van der Waals surface area (Å²) in [5.41, 5.74) is 1.24. The second-order valence-corrected chi connectivity index (χ2v) is 7.83. The van der Waals surface area contributed by atoms with Gasteiger partial charge in [-0.25, -0.2) is 0 Å². The van der Waals surface area contributed by atoms with Crippen LogP contribution in [-0.2, 0) is 11.3 Å². The van der Waals surface area contributed by atoms with Crippen molar-refractivity contribution in [2.75, 3.05) is 39.5 Å². The van der Waals surface area contributed by atoms with E-state index in [0.29, 0.717) is 25.2 Å². The number of nitrogens with one attached hydrogen (secondary N) is 1. The number of benzene rings is 1. The summed E-state index contributed by atoms with van der Waals surface area (Å²) in [6.07, 6.45) is 7.04. The van der Waals surface area contributed by atoms with Gasteiger partial charge in [0.05, 0.1) is 0 Å². The summed E-state index contributed by atoms with van der Waals surface area (Å²) >= 11 is 0. The van der Waals surface area contributed by atoms with E-state index in [0.717, 1.165) is 50.8 Å². The molecule has 0 unspecified atom stereocenters. The van der Waals surface area contributed by atoms with E-state index in [2.05, 4.69) is 22.3 Å². The van der Waals surface area contributed by atoms with Crippen molar-refractivity contribution in [3.05, 3.63) is 23.8 Å². The lowest BCUT2D eigenvalue weighted by atomic mass is 9.93. The van der Waals surface area contributed by atoms with Crippen LogP contribution in [0.4, 0.5) is 0 Å². The van der Waals surface area contributed by atoms with E-state index in [4.69, 9.17) is 9.47 Å². The third-order valence-corrected chi connectivity index (χ3v) is 6.00. The minimum atomic E-state index is 0. The molecule has 4 rings (SSSR count). The molecule has 2 fully saturated rings. The van der Waals surface area contributed by atoms with Crippen molar-refractivity contribution in [1.29, 1.82) is 0 Å². The third kappa shape index (κ3) is 5.31. The maximum absolute atomic E-state index is 12.6. The molecule has 0 radical (unpaired) electrons. The molecule has 1 saturated heterocycles. The Hall–Kier alpha value is -1.50. The number of rotatable bonds is 6. The van der Waals surface area contributed by atoms with E-state index in [1.165, 1.54) is 37.7 Å². The lowest BCUT2D eigenvalue weighted by Gasteiger charge is -2.35. The number of ether oxygens (including phenoxy) is 2.